The van der Waals surface area contributed by atoms with Gasteiger partial charge in [0, 0.05) is 7.11 Å². The van der Waals surface area contributed by atoms with Crippen LogP contribution in [0.5, 0.6) is 0 Å². The van der Waals surface area contributed by atoms with E-state index >= 15 is 0 Å². The van der Waals surface area contributed by atoms with Gasteiger partial charge in [-0.3, -0.25) is 4.57 Å². The lowest BCUT2D eigenvalue weighted by Gasteiger charge is -2.13. The number of rotatable bonds is 3. The predicted octanol–water partition coefficient (Wildman–Crippen LogP) is 2.81. The predicted molar refractivity (Wildman–Crippen MR) is 68.3 cm³/mol. The summed E-state index contributed by atoms with van der Waals surface area (Å²) in [6, 6.07) is 16.5. The Labute approximate surface area is 100 Å². The normalized spacial score (nSPS) is 14.2. The molecule has 1 N–H and O–H groups in total. The fourth-order valence-corrected chi connectivity index (χ4v) is 2.66. The Balaban J connectivity index is 2.60. The van der Waals surface area contributed by atoms with Crippen LogP contribution in [0.1, 0.15) is 0 Å². The van der Waals surface area contributed by atoms with Crippen LogP contribution in [0.2, 0.25) is 0 Å². The van der Waals surface area contributed by atoms with Crippen molar-refractivity contribution in [3.8, 4) is 11.1 Å². The largest absolute Gasteiger partial charge is 0.359 e. The molecule has 2 aromatic carbocycles. The second-order valence-corrected chi connectivity index (χ2v) is 5.47. The molecule has 0 fully saturated rings. The molecule has 0 amide bonds. The summed E-state index contributed by atoms with van der Waals surface area (Å²) in [6.07, 6.45) is 0. The molecule has 1 unspecified atom stereocenters. The fourth-order valence-electron chi connectivity index (χ4n) is 1.68. The van der Waals surface area contributed by atoms with E-state index in [2.05, 4.69) is 0 Å². The molecule has 0 aliphatic rings. The van der Waals surface area contributed by atoms with E-state index in [1.54, 1.807) is 12.1 Å². The van der Waals surface area contributed by atoms with Crippen molar-refractivity contribution < 1.29 is 14.0 Å². The van der Waals surface area contributed by atoms with Gasteiger partial charge < -0.3 is 9.42 Å². The molecule has 0 aromatic heterocycles. The molecule has 0 radical (unpaired) electrons. The first-order chi connectivity index (χ1) is 8.15. The summed E-state index contributed by atoms with van der Waals surface area (Å²) >= 11 is 0. The van der Waals surface area contributed by atoms with E-state index in [9.17, 15) is 9.46 Å². The maximum Gasteiger partial charge on any atom is 0.359 e. The van der Waals surface area contributed by atoms with E-state index in [4.69, 9.17) is 4.52 Å². The van der Waals surface area contributed by atoms with Crippen LogP contribution >= 0.6 is 7.60 Å². The van der Waals surface area contributed by atoms with Gasteiger partial charge in [-0.1, -0.05) is 48.5 Å². The molecule has 3 nitrogen and oxygen atoms in total. The maximum atomic E-state index is 11.9. The molecule has 4 heteroatoms. The molecule has 88 valence electrons. The molecule has 2 aromatic rings. The number of hydrogen-bond donors (Lipinski definition) is 1. The zero-order chi connectivity index (χ0) is 12.3. The van der Waals surface area contributed by atoms with Crippen molar-refractivity contribution in [3.05, 3.63) is 54.6 Å². The van der Waals surface area contributed by atoms with Crippen LogP contribution in [0.4, 0.5) is 0 Å². The van der Waals surface area contributed by atoms with Gasteiger partial charge in [0.1, 0.15) is 0 Å². The summed E-state index contributed by atoms with van der Waals surface area (Å²) < 4.78 is 16.6. The highest BCUT2D eigenvalue weighted by molar-refractivity contribution is 7.61. The lowest BCUT2D eigenvalue weighted by Crippen LogP contribution is -2.08. The molecular formula is C13H13O3P. The maximum absolute atomic E-state index is 11.9. The third-order valence-electron chi connectivity index (χ3n) is 2.54. The van der Waals surface area contributed by atoms with Crippen LogP contribution in [-0.2, 0) is 9.09 Å². The Morgan fingerprint density at radius 3 is 2.24 bits per heavy atom. The van der Waals surface area contributed by atoms with Crippen LogP contribution in [0.15, 0.2) is 54.6 Å². The summed E-state index contributed by atoms with van der Waals surface area (Å²) in [5.74, 6) is 0. The van der Waals surface area contributed by atoms with E-state index in [1.165, 1.54) is 7.11 Å². The molecule has 0 saturated carbocycles. The summed E-state index contributed by atoms with van der Waals surface area (Å²) in [7, 11) is -2.49. The van der Waals surface area contributed by atoms with E-state index < -0.39 is 7.60 Å². The monoisotopic (exact) mass is 248 g/mol. The SMILES string of the molecule is COP(=O)(O)c1ccccc1-c1ccccc1. The van der Waals surface area contributed by atoms with Crippen LogP contribution in [0.3, 0.4) is 0 Å². The van der Waals surface area contributed by atoms with Crippen LogP contribution < -0.4 is 5.30 Å². The van der Waals surface area contributed by atoms with Gasteiger partial charge in [-0.2, -0.15) is 0 Å². The molecule has 0 aliphatic carbocycles. The van der Waals surface area contributed by atoms with Crippen LogP contribution in [0, 0.1) is 0 Å². The molecule has 0 saturated heterocycles. The lowest BCUT2D eigenvalue weighted by molar-refractivity contribution is 0.328. The highest BCUT2D eigenvalue weighted by Crippen LogP contribution is 2.42. The number of hydrogen-bond acceptors (Lipinski definition) is 2. The summed E-state index contributed by atoms with van der Waals surface area (Å²) in [6.45, 7) is 0. The lowest BCUT2D eigenvalue weighted by atomic mass is 10.1. The Bertz CT molecular complexity index is 552. The Morgan fingerprint density at radius 2 is 1.59 bits per heavy atom. The van der Waals surface area contributed by atoms with Gasteiger partial charge in [0.25, 0.3) is 0 Å². The Morgan fingerprint density at radius 1 is 1.00 bits per heavy atom. The van der Waals surface area contributed by atoms with Crippen molar-refractivity contribution in [2.24, 2.45) is 0 Å². The molecule has 0 spiro atoms. The van der Waals surface area contributed by atoms with E-state index in [0.29, 0.717) is 5.30 Å². The molecule has 17 heavy (non-hydrogen) atoms. The molecular weight excluding hydrogens is 235 g/mol. The number of benzene rings is 2. The van der Waals surface area contributed by atoms with Crippen molar-refractivity contribution in [3.63, 3.8) is 0 Å². The second-order valence-electron chi connectivity index (χ2n) is 3.59. The molecule has 0 heterocycles. The second kappa shape index (κ2) is 4.84. The highest BCUT2D eigenvalue weighted by atomic mass is 31.2. The highest BCUT2D eigenvalue weighted by Gasteiger charge is 2.24. The van der Waals surface area contributed by atoms with Crippen molar-refractivity contribution in [2.75, 3.05) is 7.11 Å². The van der Waals surface area contributed by atoms with Crippen LogP contribution in [-0.4, -0.2) is 12.0 Å². The van der Waals surface area contributed by atoms with E-state index in [1.807, 2.05) is 42.5 Å². The average Bonchev–Trinajstić information content (AvgIpc) is 2.40. The molecule has 0 bridgehead atoms. The zero-order valence-corrected chi connectivity index (χ0v) is 10.3. The molecule has 0 aliphatic heterocycles. The van der Waals surface area contributed by atoms with Crippen LogP contribution in [0.25, 0.3) is 11.1 Å². The fraction of sp³-hybridized carbons (Fsp3) is 0.0769. The zero-order valence-electron chi connectivity index (χ0n) is 9.41. The third kappa shape index (κ3) is 2.47. The Kier molecular flexibility index (Phi) is 3.43. The minimum absolute atomic E-state index is 0.328. The summed E-state index contributed by atoms with van der Waals surface area (Å²) in [5.41, 5.74) is 1.62. The smallest absolute Gasteiger partial charge is 0.321 e. The van der Waals surface area contributed by atoms with Gasteiger partial charge in [-0.05, 0) is 17.2 Å². The summed E-state index contributed by atoms with van der Waals surface area (Å²) in [4.78, 5) is 9.77. The standard InChI is InChI=1S/C13H13O3P/c1-16-17(14,15)13-10-6-5-9-12(13)11-7-3-2-4-8-11/h2-10H,1H3,(H,14,15). The average molecular weight is 248 g/mol. The minimum atomic E-state index is -3.73. The quantitative estimate of drug-likeness (QED) is 0.849. The first-order valence-electron chi connectivity index (χ1n) is 5.19. The molecule has 1 atom stereocenters. The van der Waals surface area contributed by atoms with Crippen molar-refractivity contribution in [1.82, 2.24) is 0 Å². The molecule has 2 rings (SSSR count). The minimum Gasteiger partial charge on any atom is -0.321 e. The van der Waals surface area contributed by atoms with Gasteiger partial charge in [0.2, 0.25) is 0 Å². The van der Waals surface area contributed by atoms with E-state index in [0.717, 1.165) is 11.1 Å². The van der Waals surface area contributed by atoms with Gasteiger partial charge in [-0.15, -0.1) is 0 Å². The first kappa shape index (κ1) is 12.1. The first-order valence-corrected chi connectivity index (χ1v) is 6.76. The van der Waals surface area contributed by atoms with Crippen molar-refractivity contribution in [1.29, 1.82) is 0 Å². The Hall–Kier alpha value is -1.41. The van der Waals surface area contributed by atoms with Gasteiger partial charge in [0.15, 0.2) is 0 Å². The van der Waals surface area contributed by atoms with E-state index in [-0.39, 0.29) is 0 Å². The van der Waals surface area contributed by atoms with Gasteiger partial charge in [0.05, 0.1) is 5.30 Å². The third-order valence-corrected chi connectivity index (χ3v) is 4.03. The van der Waals surface area contributed by atoms with Crippen molar-refractivity contribution in [2.45, 2.75) is 0 Å². The van der Waals surface area contributed by atoms with Gasteiger partial charge in [-0.25, -0.2) is 0 Å². The van der Waals surface area contributed by atoms with Gasteiger partial charge >= 0.3 is 7.60 Å². The van der Waals surface area contributed by atoms with Crippen molar-refractivity contribution >= 4 is 12.9 Å². The summed E-state index contributed by atoms with van der Waals surface area (Å²) in [5, 5.41) is 0.328. The topological polar surface area (TPSA) is 46.5 Å².